The first kappa shape index (κ1) is 14.1. The molecule has 6 heteroatoms. The molecule has 112 valence electrons. The van der Waals surface area contributed by atoms with Crippen LogP contribution in [0.25, 0.3) is 0 Å². The largest absolute Gasteiger partial charge is 0.454 e. The van der Waals surface area contributed by atoms with Gasteiger partial charge in [-0.25, -0.2) is 4.79 Å². The third-order valence-corrected chi connectivity index (χ3v) is 3.43. The van der Waals surface area contributed by atoms with Gasteiger partial charge in [-0.15, -0.1) is 0 Å². The van der Waals surface area contributed by atoms with Crippen molar-refractivity contribution >= 4 is 17.8 Å². The first-order valence-corrected chi connectivity index (χ1v) is 6.82. The van der Waals surface area contributed by atoms with E-state index in [0.717, 1.165) is 0 Å². The van der Waals surface area contributed by atoms with Crippen LogP contribution in [0.15, 0.2) is 34.7 Å². The number of carbonyl (C=O) groups excluding carboxylic acids is 3. The van der Waals surface area contributed by atoms with Gasteiger partial charge in [0.2, 0.25) is 5.76 Å². The summed E-state index contributed by atoms with van der Waals surface area (Å²) in [4.78, 5) is 41.3. The normalized spacial score (nSPS) is 13.5. The number of rotatable bonds is 3. The summed E-state index contributed by atoms with van der Waals surface area (Å²) in [6.07, 6.45) is 0.626. The van der Waals surface area contributed by atoms with E-state index in [1.54, 1.807) is 25.1 Å². The number of furan rings is 1. The molecule has 0 saturated carbocycles. The molecule has 2 heterocycles. The molecule has 2 aromatic rings. The van der Waals surface area contributed by atoms with E-state index >= 15 is 0 Å². The second-order valence-corrected chi connectivity index (χ2v) is 4.91. The molecule has 2 amide bonds. The summed E-state index contributed by atoms with van der Waals surface area (Å²) in [5.41, 5.74) is 1.02. The Morgan fingerprint density at radius 3 is 2.27 bits per heavy atom. The molecule has 1 aliphatic heterocycles. The summed E-state index contributed by atoms with van der Waals surface area (Å²) in [6.45, 7) is 3.58. The van der Waals surface area contributed by atoms with E-state index in [1.807, 2.05) is 6.92 Å². The van der Waals surface area contributed by atoms with Gasteiger partial charge in [0.25, 0.3) is 11.8 Å². The van der Waals surface area contributed by atoms with Crippen LogP contribution in [0.2, 0.25) is 0 Å². The monoisotopic (exact) mass is 299 g/mol. The van der Waals surface area contributed by atoms with Gasteiger partial charge in [-0.3, -0.25) is 9.59 Å². The topological polar surface area (TPSA) is 76.8 Å². The lowest BCUT2D eigenvalue weighted by atomic mass is 10.1. The Morgan fingerprint density at radius 1 is 1.18 bits per heavy atom. The zero-order valence-electron chi connectivity index (χ0n) is 12.1. The Balaban J connectivity index is 1.85. The Morgan fingerprint density at radius 2 is 1.77 bits per heavy atom. The molecule has 0 aliphatic carbocycles. The van der Waals surface area contributed by atoms with Crippen molar-refractivity contribution in [3.8, 4) is 0 Å². The maximum absolute atomic E-state index is 12.1. The van der Waals surface area contributed by atoms with Gasteiger partial charge in [0.05, 0.1) is 11.1 Å². The van der Waals surface area contributed by atoms with Crippen LogP contribution in [0.5, 0.6) is 0 Å². The standard InChI is InChI=1S/C16H13NO5/c1-3-10-8-9(2)13(21-10)16(20)22-17-14(18)11-6-4-5-7-12(11)15(17)19/h4-8H,3H2,1-2H3. The van der Waals surface area contributed by atoms with Crippen molar-refractivity contribution < 1.29 is 23.6 Å². The van der Waals surface area contributed by atoms with Crippen LogP contribution in [0.4, 0.5) is 0 Å². The average molecular weight is 299 g/mol. The first-order chi connectivity index (χ1) is 10.5. The summed E-state index contributed by atoms with van der Waals surface area (Å²) < 4.78 is 5.36. The van der Waals surface area contributed by atoms with Crippen molar-refractivity contribution in [3.05, 3.63) is 58.5 Å². The summed E-state index contributed by atoms with van der Waals surface area (Å²) in [5, 5.41) is 0.473. The summed E-state index contributed by atoms with van der Waals surface area (Å²) in [7, 11) is 0. The lowest BCUT2D eigenvalue weighted by molar-refractivity contribution is -0.0604. The zero-order valence-corrected chi connectivity index (χ0v) is 12.1. The van der Waals surface area contributed by atoms with Gasteiger partial charge in [0, 0.05) is 12.0 Å². The van der Waals surface area contributed by atoms with Crippen LogP contribution < -0.4 is 0 Å². The van der Waals surface area contributed by atoms with Gasteiger partial charge in [-0.2, -0.15) is 0 Å². The van der Waals surface area contributed by atoms with Crippen LogP contribution in [0.1, 0.15) is 49.5 Å². The highest BCUT2D eigenvalue weighted by Crippen LogP contribution is 2.24. The van der Waals surface area contributed by atoms with E-state index in [4.69, 9.17) is 9.25 Å². The number of imide groups is 1. The molecule has 22 heavy (non-hydrogen) atoms. The van der Waals surface area contributed by atoms with Crippen molar-refractivity contribution in [1.82, 2.24) is 5.06 Å². The first-order valence-electron chi connectivity index (χ1n) is 6.82. The average Bonchev–Trinajstić information content (AvgIpc) is 3.01. The molecule has 1 aliphatic rings. The minimum Gasteiger partial charge on any atom is -0.454 e. The maximum atomic E-state index is 12.1. The van der Waals surface area contributed by atoms with Gasteiger partial charge in [0.1, 0.15) is 5.76 Å². The molecule has 0 spiro atoms. The molecule has 0 radical (unpaired) electrons. The maximum Gasteiger partial charge on any atom is 0.399 e. The fourth-order valence-corrected chi connectivity index (χ4v) is 2.30. The van der Waals surface area contributed by atoms with Crippen molar-refractivity contribution in [2.75, 3.05) is 0 Å². The highest BCUT2D eigenvalue weighted by molar-refractivity contribution is 6.21. The third kappa shape index (κ3) is 2.09. The quantitative estimate of drug-likeness (QED) is 0.814. The van der Waals surface area contributed by atoms with E-state index in [0.29, 0.717) is 22.8 Å². The summed E-state index contributed by atoms with van der Waals surface area (Å²) in [6, 6.07) is 8.02. The molecule has 0 bridgehead atoms. The number of aryl methyl sites for hydroxylation is 2. The number of nitrogens with zero attached hydrogens (tertiary/aromatic N) is 1. The Kier molecular flexibility index (Phi) is 3.29. The highest BCUT2D eigenvalue weighted by atomic mass is 16.7. The number of amides is 2. The molecule has 6 nitrogen and oxygen atoms in total. The molecular formula is C16H13NO5. The van der Waals surface area contributed by atoms with Crippen molar-refractivity contribution in [2.24, 2.45) is 0 Å². The van der Waals surface area contributed by atoms with Gasteiger partial charge < -0.3 is 9.25 Å². The van der Waals surface area contributed by atoms with Crippen LogP contribution in [-0.2, 0) is 11.3 Å². The lowest BCUT2D eigenvalue weighted by Crippen LogP contribution is -2.32. The molecule has 0 fully saturated rings. The van der Waals surface area contributed by atoms with E-state index in [9.17, 15) is 14.4 Å². The SMILES string of the molecule is CCc1cc(C)c(C(=O)ON2C(=O)c3ccccc3C2=O)o1. The van der Waals surface area contributed by atoms with Crippen molar-refractivity contribution in [3.63, 3.8) is 0 Å². The zero-order chi connectivity index (χ0) is 15.9. The second-order valence-electron chi connectivity index (χ2n) is 4.91. The van der Waals surface area contributed by atoms with E-state index in [1.165, 1.54) is 12.1 Å². The predicted octanol–water partition coefficient (Wildman–Crippen LogP) is 2.52. The van der Waals surface area contributed by atoms with Crippen LogP contribution in [0.3, 0.4) is 0 Å². The fraction of sp³-hybridized carbons (Fsp3) is 0.188. The molecule has 0 N–H and O–H groups in total. The Labute approximate surface area is 126 Å². The van der Waals surface area contributed by atoms with Gasteiger partial charge in [0.15, 0.2) is 0 Å². The molecule has 1 aromatic carbocycles. The number of benzene rings is 1. The van der Waals surface area contributed by atoms with E-state index in [2.05, 4.69) is 0 Å². The van der Waals surface area contributed by atoms with Crippen molar-refractivity contribution in [2.45, 2.75) is 20.3 Å². The number of hydroxylamine groups is 2. The van der Waals surface area contributed by atoms with Crippen LogP contribution in [-0.4, -0.2) is 22.8 Å². The molecule has 0 saturated heterocycles. The third-order valence-electron chi connectivity index (χ3n) is 3.43. The number of hydrogen-bond donors (Lipinski definition) is 0. The number of fused-ring (bicyclic) bond motifs is 1. The number of carbonyl (C=O) groups is 3. The Hall–Kier alpha value is -2.89. The van der Waals surface area contributed by atoms with Gasteiger partial charge in [-0.1, -0.05) is 24.1 Å². The predicted molar refractivity (Wildman–Crippen MR) is 75.2 cm³/mol. The van der Waals surface area contributed by atoms with Crippen molar-refractivity contribution in [1.29, 1.82) is 0 Å². The van der Waals surface area contributed by atoms with Crippen LogP contribution >= 0.6 is 0 Å². The molecule has 0 unspecified atom stereocenters. The Bertz CT molecular complexity index is 755. The second kappa shape index (κ2) is 5.14. The van der Waals surface area contributed by atoms with Crippen LogP contribution in [0, 0.1) is 6.92 Å². The van der Waals surface area contributed by atoms with E-state index in [-0.39, 0.29) is 16.9 Å². The van der Waals surface area contributed by atoms with E-state index < -0.39 is 17.8 Å². The minimum absolute atomic E-state index is 0.00611. The lowest BCUT2D eigenvalue weighted by Gasteiger charge is -2.11. The van der Waals surface area contributed by atoms with Gasteiger partial charge in [-0.05, 0) is 25.1 Å². The highest BCUT2D eigenvalue weighted by Gasteiger charge is 2.39. The minimum atomic E-state index is -0.869. The molecule has 0 atom stereocenters. The fourth-order valence-electron chi connectivity index (χ4n) is 2.30. The molecule has 1 aromatic heterocycles. The molecular weight excluding hydrogens is 286 g/mol. The number of hydrogen-bond acceptors (Lipinski definition) is 5. The summed E-state index contributed by atoms with van der Waals surface area (Å²) in [5.74, 6) is -1.56. The van der Waals surface area contributed by atoms with Gasteiger partial charge >= 0.3 is 5.97 Å². The molecule has 3 rings (SSSR count). The smallest absolute Gasteiger partial charge is 0.399 e. The summed E-state index contributed by atoms with van der Waals surface area (Å²) >= 11 is 0.